The number of hydrogen-bond donors (Lipinski definition) is 0. The van der Waals surface area contributed by atoms with E-state index in [0.717, 1.165) is 12.1 Å². The summed E-state index contributed by atoms with van der Waals surface area (Å²) < 4.78 is 42.9. The lowest BCUT2D eigenvalue weighted by Gasteiger charge is -2.11. The molecule has 1 rings (SSSR count). The zero-order valence-electron chi connectivity index (χ0n) is 10.6. The summed E-state index contributed by atoms with van der Waals surface area (Å²) in [6, 6.07) is 4.90. The van der Waals surface area contributed by atoms with Gasteiger partial charge >= 0.3 is 6.18 Å². The van der Waals surface area contributed by atoms with E-state index in [4.69, 9.17) is 4.74 Å². The van der Waals surface area contributed by atoms with Gasteiger partial charge in [0, 0.05) is 5.92 Å². The minimum atomic E-state index is -4.35. The molecule has 0 aliphatic carbocycles. The van der Waals surface area contributed by atoms with Crippen LogP contribution in [0, 0.1) is 5.92 Å². The fourth-order valence-electron chi connectivity index (χ4n) is 1.35. The number of benzene rings is 1. The van der Waals surface area contributed by atoms with Crippen molar-refractivity contribution in [3.63, 3.8) is 0 Å². The van der Waals surface area contributed by atoms with Crippen molar-refractivity contribution in [2.75, 3.05) is 6.61 Å². The Labute approximate surface area is 104 Å². The first-order valence-electron chi connectivity index (χ1n) is 5.73. The molecule has 0 unspecified atom stereocenters. The van der Waals surface area contributed by atoms with Gasteiger partial charge in [-0.1, -0.05) is 19.9 Å². The van der Waals surface area contributed by atoms with Gasteiger partial charge < -0.3 is 4.74 Å². The van der Waals surface area contributed by atoms with Crippen LogP contribution in [-0.4, -0.2) is 12.5 Å². The molecule has 2 nitrogen and oxygen atoms in total. The zero-order valence-corrected chi connectivity index (χ0v) is 10.6. The maximum Gasteiger partial charge on any atom is 0.416 e. The summed E-state index contributed by atoms with van der Waals surface area (Å²) in [4.78, 5) is 4.12. The minimum absolute atomic E-state index is 0.0273. The Bertz CT molecular complexity index is 424. The average molecular weight is 259 g/mol. The van der Waals surface area contributed by atoms with E-state index < -0.39 is 11.7 Å². The molecular weight excluding hydrogens is 243 g/mol. The molecule has 18 heavy (non-hydrogen) atoms. The summed E-state index contributed by atoms with van der Waals surface area (Å²) in [6.07, 6.45) is -4.35. The van der Waals surface area contributed by atoms with Gasteiger partial charge in [-0.25, -0.2) is 4.99 Å². The Kier molecular flexibility index (Phi) is 4.76. The molecule has 0 aliphatic rings. The van der Waals surface area contributed by atoms with E-state index in [0.29, 0.717) is 12.5 Å². The highest BCUT2D eigenvalue weighted by molar-refractivity contribution is 5.81. The summed E-state index contributed by atoms with van der Waals surface area (Å²) in [7, 11) is 0. The molecule has 100 valence electrons. The lowest BCUT2D eigenvalue weighted by atomic mass is 10.2. The second kappa shape index (κ2) is 5.89. The fraction of sp³-hybridized carbons (Fsp3) is 0.462. The molecule has 0 aromatic heterocycles. The van der Waals surface area contributed by atoms with Crippen LogP contribution in [0.4, 0.5) is 18.9 Å². The number of nitrogens with zero attached hydrogens (tertiary/aromatic N) is 1. The molecule has 1 aromatic rings. The molecule has 0 saturated heterocycles. The van der Waals surface area contributed by atoms with E-state index in [2.05, 4.69) is 4.99 Å². The van der Waals surface area contributed by atoms with Gasteiger partial charge in [0.05, 0.1) is 17.9 Å². The highest BCUT2D eigenvalue weighted by Gasteiger charge is 2.30. The Hall–Kier alpha value is -1.52. The quantitative estimate of drug-likeness (QED) is 0.581. The fourth-order valence-corrected chi connectivity index (χ4v) is 1.35. The van der Waals surface area contributed by atoms with Crippen molar-refractivity contribution in [3.05, 3.63) is 29.8 Å². The van der Waals surface area contributed by atoms with Gasteiger partial charge in [-0.3, -0.25) is 0 Å². The van der Waals surface area contributed by atoms with Crippen LogP contribution >= 0.6 is 0 Å². The third-order valence-corrected chi connectivity index (χ3v) is 2.20. The van der Waals surface area contributed by atoms with Crippen molar-refractivity contribution in [3.8, 4) is 0 Å². The third kappa shape index (κ3) is 4.05. The zero-order chi connectivity index (χ0) is 13.8. The molecule has 0 heterocycles. The lowest BCUT2D eigenvalue weighted by Crippen LogP contribution is -2.12. The van der Waals surface area contributed by atoms with E-state index in [1.54, 1.807) is 0 Å². The van der Waals surface area contributed by atoms with Crippen molar-refractivity contribution < 1.29 is 17.9 Å². The first-order valence-corrected chi connectivity index (χ1v) is 5.73. The molecule has 0 spiro atoms. The maximum absolute atomic E-state index is 12.5. The number of aliphatic imine (C=N–C) groups is 1. The smallest absolute Gasteiger partial charge is 0.416 e. The van der Waals surface area contributed by atoms with Gasteiger partial charge in [-0.05, 0) is 25.1 Å². The Morgan fingerprint density at radius 3 is 2.50 bits per heavy atom. The monoisotopic (exact) mass is 259 g/mol. The van der Waals surface area contributed by atoms with Crippen LogP contribution in [0.3, 0.4) is 0 Å². The van der Waals surface area contributed by atoms with Crippen LogP contribution in [0.15, 0.2) is 29.3 Å². The van der Waals surface area contributed by atoms with Crippen LogP contribution in [0.25, 0.3) is 0 Å². The molecule has 0 amide bonds. The van der Waals surface area contributed by atoms with Crippen molar-refractivity contribution >= 4 is 11.6 Å². The van der Waals surface area contributed by atoms with Crippen LogP contribution in [0.5, 0.6) is 0 Å². The molecule has 0 aliphatic heterocycles. The van der Waals surface area contributed by atoms with E-state index in [1.165, 1.54) is 12.1 Å². The third-order valence-electron chi connectivity index (χ3n) is 2.20. The number of hydrogen-bond acceptors (Lipinski definition) is 2. The Morgan fingerprint density at radius 1 is 1.33 bits per heavy atom. The van der Waals surface area contributed by atoms with Crippen LogP contribution < -0.4 is 0 Å². The molecule has 0 saturated carbocycles. The van der Waals surface area contributed by atoms with Gasteiger partial charge in [0.1, 0.15) is 0 Å². The topological polar surface area (TPSA) is 21.6 Å². The summed E-state index contributed by atoms with van der Waals surface area (Å²) >= 11 is 0. The summed E-state index contributed by atoms with van der Waals surface area (Å²) in [5.41, 5.74) is -0.453. The van der Waals surface area contributed by atoms with Crippen LogP contribution in [0.1, 0.15) is 26.3 Å². The van der Waals surface area contributed by atoms with E-state index in [-0.39, 0.29) is 11.6 Å². The van der Waals surface area contributed by atoms with Crippen LogP contribution in [0.2, 0.25) is 0 Å². The second-order valence-electron chi connectivity index (χ2n) is 4.09. The Balaban J connectivity index is 3.06. The minimum Gasteiger partial charge on any atom is -0.481 e. The van der Waals surface area contributed by atoms with Gasteiger partial charge in [0.25, 0.3) is 0 Å². The summed E-state index contributed by atoms with van der Waals surface area (Å²) in [5, 5.41) is 0. The molecule has 0 N–H and O–H groups in total. The first kappa shape index (κ1) is 14.5. The van der Waals surface area contributed by atoms with E-state index in [9.17, 15) is 13.2 Å². The lowest BCUT2D eigenvalue weighted by molar-refractivity contribution is -0.137. The highest BCUT2D eigenvalue weighted by Crippen LogP contribution is 2.31. The van der Waals surface area contributed by atoms with Crippen molar-refractivity contribution in [1.82, 2.24) is 0 Å². The largest absolute Gasteiger partial charge is 0.481 e. The number of ether oxygens (including phenoxy) is 1. The van der Waals surface area contributed by atoms with Gasteiger partial charge in [0.2, 0.25) is 0 Å². The maximum atomic E-state index is 12.5. The number of halogens is 3. The SMILES string of the molecule is CCOC(=Nc1cccc(C(F)(F)F)c1)C(C)C. The number of rotatable bonds is 3. The summed E-state index contributed by atoms with van der Waals surface area (Å²) in [5.74, 6) is 0.469. The number of alkyl halides is 3. The van der Waals surface area contributed by atoms with Gasteiger partial charge in [-0.15, -0.1) is 0 Å². The highest BCUT2D eigenvalue weighted by atomic mass is 19.4. The molecule has 5 heteroatoms. The molecule has 0 radical (unpaired) electrons. The van der Waals surface area contributed by atoms with Crippen LogP contribution in [-0.2, 0) is 10.9 Å². The predicted molar refractivity (Wildman–Crippen MR) is 65.0 cm³/mol. The standard InChI is InChI=1S/C13H16F3NO/c1-4-18-12(9(2)3)17-11-7-5-6-10(8-11)13(14,15)16/h5-9H,4H2,1-3H3. The first-order chi connectivity index (χ1) is 8.34. The molecule has 0 atom stereocenters. The average Bonchev–Trinajstić information content (AvgIpc) is 2.27. The van der Waals surface area contributed by atoms with Crippen molar-refractivity contribution in [2.45, 2.75) is 26.9 Å². The van der Waals surface area contributed by atoms with Crippen molar-refractivity contribution in [1.29, 1.82) is 0 Å². The molecule has 1 aromatic carbocycles. The van der Waals surface area contributed by atoms with E-state index >= 15 is 0 Å². The summed E-state index contributed by atoms with van der Waals surface area (Å²) in [6.45, 7) is 6.00. The second-order valence-corrected chi connectivity index (χ2v) is 4.09. The Morgan fingerprint density at radius 2 is 2.00 bits per heavy atom. The normalized spacial score (nSPS) is 12.9. The van der Waals surface area contributed by atoms with Gasteiger partial charge in [0.15, 0.2) is 5.90 Å². The van der Waals surface area contributed by atoms with Crippen molar-refractivity contribution in [2.24, 2.45) is 10.9 Å². The van der Waals surface area contributed by atoms with Gasteiger partial charge in [-0.2, -0.15) is 13.2 Å². The molecular formula is C13H16F3NO. The molecule has 0 fully saturated rings. The molecule has 0 bridgehead atoms. The van der Waals surface area contributed by atoms with E-state index in [1.807, 2.05) is 20.8 Å². The predicted octanol–water partition coefficient (Wildman–Crippen LogP) is 4.43.